The van der Waals surface area contributed by atoms with Crippen LogP contribution in [0.15, 0.2) is 34.1 Å². The number of hydrogen-bond acceptors (Lipinski definition) is 7. The van der Waals surface area contributed by atoms with Gasteiger partial charge in [-0.05, 0) is 35.3 Å². The summed E-state index contributed by atoms with van der Waals surface area (Å²) in [4.78, 5) is 36.2. The van der Waals surface area contributed by atoms with Crippen LogP contribution in [0.5, 0.6) is 0 Å². The lowest BCUT2D eigenvalue weighted by Gasteiger charge is -2.09. The van der Waals surface area contributed by atoms with Crippen molar-refractivity contribution in [2.75, 3.05) is 30.0 Å². The molecule has 9 heteroatoms. The second-order valence-electron chi connectivity index (χ2n) is 5.39. The molecule has 28 heavy (non-hydrogen) atoms. The Kier molecular flexibility index (Phi) is 9.01. The lowest BCUT2D eigenvalue weighted by Crippen LogP contribution is -2.17. The molecule has 2 rings (SSSR count). The molecule has 1 aromatic carbocycles. The van der Waals surface area contributed by atoms with E-state index in [2.05, 4.69) is 21.2 Å². The zero-order chi connectivity index (χ0) is 20.5. The van der Waals surface area contributed by atoms with Crippen molar-refractivity contribution in [2.24, 2.45) is 0 Å². The number of rotatable bonds is 9. The first-order chi connectivity index (χ1) is 13.5. The Morgan fingerprint density at radius 3 is 2.39 bits per heavy atom. The van der Waals surface area contributed by atoms with Crippen molar-refractivity contribution in [3.8, 4) is 11.1 Å². The number of nitrogens with one attached hydrogen (secondary N) is 1. The summed E-state index contributed by atoms with van der Waals surface area (Å²) in [5, 5.41) is 3.17. The fourth-order valence-corrected chi connectivity index (χ4v) is 4.82. The van der Waals surface area contributed by atoms with Crippen LogP contribution in [0.3, 0.4) is 0 Å². The van der Waals surface area contributed by atoms with E-state index in [4.69, 9.17) is 9.47 Å². The van der Waals surface area contributed by atoms with Gasteiger partial charge in [-0.15, -0.1) is 23.1 Å². The van der Waals surface area contributed by atoms with Gasteiger partial charge in [-0.25, -0.2) is 4.79 Å². The number of thiophene rings is 1. The number of halogens is 1. The molecule has 0 aliphatic rings. The second-order valence-corrected chi connectivity index (χ2v) is 8.71. The lowest BCUT2D eigenvalue weighted by molar-refractivity contribution is -0.139. The van der Waals surface area contributed by atoms with Crippen molar-refractivity contribution >= 4 is 61.9 Å². The Balaban J connectivity index is 2.21. The van der Waals surface area contributed by atoms with Crippen LogP contribution in [0, 0.1) is 0 Å². The number of carbonyl (C=O) groups is 3. The summed E-state index contributed by atoms with van der Waals surface area (Å²) in [5.74, 6) is -1.02. The normalized spacial score (nSPS) is 10.4. The predicted octanol–water partition coefficient (Wildman–Crippen LogP) is 4.59. The smallest absolute Gasteiger partial charge is 0.341 e. The zero-order valence-corrected chi connectivity index (χ0v) is 18.7. The second kappa shape index (κ2) is 11.2. The third-order valence-electron chi connectivity index (χ3n) is 3.42. The molecule has 0 aliphatic heterocycles. The van der Waals surface area contributed by atoms with Gasteiger partial charge in [0.15, 0.2) is 0 Å². The number of benzene rings is 1. The van der Waals surface area contributed by atoms with Gasteiger partial charge in [0.2, 0.25) is 5.91 Å². The quantitative estimate of drug-likeness (QED) is 0.523. The van der Waals surface area contributed by atoms with Gasteiger partial charge in [0, 0.05) is 5.56 Å². The summed E-state index contributed by atoms with van der Waals surface area (Å²) in [6, 6.07) is 9.40. The molecule has 150 valence electrons. The summed E-state index contributed by atoms with van der Waals surface area (Å²) in [6.07, 6.45) is 0. The van der Waals surface area contributed by atoms with E-state index < -0.39 is 5.97 Å². The summed E-state index contributed by atoms with van der Waals surface area (Å²) < 4.78 is 10.7. The predicted molar refractivity (Wildman–Crippen MR) is 116 cm³/mol. The molecule has 1 heterocycles. The highest BCUT2D eigenvalue weighted by Gasteiger charge is 2.26. The number of thioether (sulfide) groups is 1. The molecule has 0 spiro atoms. The minimum absolute atomic E-state index is 0.0667. The number of esters is 2. The van der Waals surface area contributed by atoms with E-state index in [9.17, 15) is 14.4 Å². The van der Waals surface area contributed by atoms with Crippen LogP contribution in [-0.4, -0.2) is 42.6 Å². The van der Waals surface area contributed by atoms with Gasteiger partial charge in [0.25, 0.3) is 0 Å². The zero-order valence-electron chi connectivity index (χ0n) is 15.5. The first-order valence-corrected chi connectivity index (χ1v) is 11.3. The van der Waals surface area contributed by atoms with E-state index >= 15 is 0 Å². The van der Waals surface area contributed by atoms with Gasteiger partial charge in [-0.3, -0.25) is 9.59 Å². The topological polar surface area (TPSA) is 81.7 Å². The van der Waals surface area contributed by atoms with Gasteiger partial charge >= 0.3 is 11.9 Å². The molecular formula is C19H20BrNO5S2. The summed E-state index contributed by atoms with van der Waals surface area (Å²) >= 11 is 5.90. The van der Waals surface area contributed by atoms with Gasteiger partial charge in [0.1, 0.15) is 10.6 Å². The highest BCUT2D eigenvalue weighted by Crippen LogP contribution is 2.44. The van der Waals surface area contributed by atoms with Crippen LogP contribution >= 0.6 is 39.0 Å². The van der Waals surface area contributed by atoms with Crippen molar-refractivity contribution in [1.29, 1.82) is 0 Å². The number of hydrogen-bond donors (Lipinski definition) is 1. The molecule has 0 aliphatic carbocycles. The first kappa shape index (κ1) is 22.4. The minimum Gasteiger partial charge on any atom is -0.465 e. The number of carbonyl (C=O) groups excluding carboxylic acids is 3. The fraction of sp³-hybridized carbons (Fsp3) is 0.316. The van der Waals surface area contributed by atoms with Crippen molar-refractivity contribution in [3.05, 3.63) is 39.7 Å². The van der Waals surface area contributed by atoms with Crippen LogP contribution < -0.4 is 5.32 Å². The van der Waals surface area contributed by atoms with Crippen LogP contribution in [0.4, 0.5) is 5.00 Å². The van der Waals surface area contributed by atoms with Crippen molar-refractivity contribution in [1.82, 2.24) is 0 Å². The summed E-state index contributed by atoms with van der Waals surface area (Å²) in [6.45, 7) is 3.99. The van der Waals surface area contributed by atoms with E-state index in [1.54, 1.807) is 13.8 Å². The van der Waals surface area contributed by atoms with Crippen molar-refractivity contribution in [3.63, 3.8) is 0 Å². The molecule has 0 saturated carbocycles. The number of ether oxygens (including phenoxy) is 2. The molecule has 0 bridgehead atoms. The van der Waals surface area contributed by atoms with Gasteiger partial charge in [0.05, 0.1) is 28.5 Å². The Morgan fingerprint density at radius 2 is 1.75 bits per heavy atom. The average Bonchev–Trinajstić information content (AvgIpc) is 2.98. The van der Waals surface area contributed by atoms with Gasteiger partial charge in [-0.1, -0.05) is 30.3 Å². The highest BCUT2D eigenvalue weighted by molar-refractivity contribution is 9.11. The molecular weight excluding hydrogens is 466 g/mol. The molecule has 0 radical (unpaired) electrons. The maximum absolute atomic E-state index is 12.6. The third-order valence-corrected chi connectivity index (χ3v) is 6.10. The lowest BCUT2D eigenvalue weighted by atomic mass is 10.0. The molecule has 1 amide bonds. The molecule has 1 N–H and O–H groups in total. The maximum atomic E-state index is 12.6. The Morgan fingerprint density at radius 1 is 1.07 bits per heavy atom. The Hall–Kier alpha value is -1.84. The Labute approximate surface area is 180 Å². The molecule has 1 aromatic heterocycles. The van der Waals surface area contributed by atoms with Crippen LogP contribution in [0.2, 0.25) is 0 Å². The molecule has 0 fully saturated rings. The van der Waals surface area contributed by atoms with Crippen LogP contribution in [0.25, 0.3) is 11.1 Å². The van der Waals surface area contributed by atoms with Crippen molar-refractivity contribution < 1.29 is 23.9 Å². The molecule has 0 unspecified atom stereocenters. The Bertz CT molecular complexity index is 838. The molecule has 2 aromatic rings. The fourth-order valence-electron chi connectivity index (χ4n) is 2.34. The first-order valence-electron chi connectivity index (χ1n) is 8.55. The number of amides is 1. The summed E-state index contributed by atoms with van der Waals surface area (Å²) in [5.41, 5.74) is 1.83. The van der Waals surface area contributed by atoms with Gasteiger partial charge in [-0.2, -0.15) is 0 Å². The van der Waals surface area contributed by atoms with E-state index in [-0.39, 0.29) is 30.0 Å². The molecule has 0 saturated heterocycles. The van der Waals surface area contributed by atoms with Crippen LogP contribution in [0.1, 0.15) is 24.2 Å². The molecule has 0 atom stereocenters. The minimum atomic E-state index is -0.502. The molecule has 6 nitrogen and oxygen atoms in total. The monoisotopic (exact) mass is 485 g/mol. The van der Waals surface area contributed by atoms with Crippen molar-refractivity contribution in [2.45, 2.75) is 13.8 Å². The van der Waals surface area contributed by atoms with E-state index in [1.807, 2.05) is 30.3 Å². The van der Waals surface area contributed by atoms with E-state index in [0.29, 0.717) is 22.7 Å². The van der Waals surface area contributed by atoms with Crippen LogP contribution in [-0.2, 0) is 19.1 Å². The maximum Gasteiger partial charge on any atom is 0.341 e. The largest absolute Gasteiger partial charge is 0.465 e. The SMILES string of the molecule is CCOC(=O)CSCC(=O)Nc1sc(Br)c(-c2ccccc2)c1C(=O)OCC. The number of anilines is 1. The highest BCUT2D eigenvalue weighted by atomic mass is 79.9. The van der Waals surface area contributed by atoms with E-state index in [1.165, 1.54) is 11.3 Å². The van der Waals surface area contributed by atoms with Gasteiger partial charge < -0.3 is 14.8 Å². The third kappa shape index (κ3) is 6.08. The van der Waals surface area contributed by atoms with E-state index in [0.717, 1.165) is 21.1 Å². The summed E-state index contributed by atoms with van der Waals surface area (Å²) in [7, 11) is 0. The average molecular weight is 486 g/mol. The standard InChI is InChI=1S/C19H20BrNO5S2/c1-3-25-14(23)11-27-10-13(22)21-18-16(19(24)26-4-2)15(17(20)28-18)12-8-6-5-7-9-12/h5-9H,3-4,10-11H2,1-2H3,(H,21,22).